The number of nitrogens with one attached hydrogen (secondary N) is 2. The number of amides is 2. The molecule has 14 heteroatoms. The zero-order chi connectivity index (χ0) is 39.7. The molecule has 2 atom stereocenters. The van der Waals surface area contributed by atoms with Gasteiger partial charge in [0.1, 0.15) is 23.4 Å². The van der Waals surface area contributed by atoms with Crippen molar-refractivity contribution in [2.45, 2.75) is 88.4 Å². The van der Waals surface area contributed by atoms with Gasteiger partial charge in [-0.05, 0) is 89.1 Å². The molecule has 56 heavy (non-hydrogen) atoms. The summed E-state index contributed by atoms with van der Waals surface area (Å²) in [7, 11) is 1.47. The molecule has 1 aliphatic carbocycles. The Balaban J connectivity index is 0.974. The molecule has 294 valence electrons. The number of nitriles is 1. The molecule has 7 rings (SSSR count). The fraction of sp³-hybridized carbons (Fsp3) is 0.452. The van der Waals surface area contributed by atoms with Crippen LogP contribution < -0.4 is 15.5 Å². The molecular weight excluding hydrogens is 717 g/mol. The van der Waals surface area contributed by atoms with E-state index in [9.17, 15) is 20.0 Å². The van der Waals surface area contributed by atoms with Crippen LogP contribution in [0, 0.1) is 23.0 Å². The van der Waals surface area contributed by atoms with Crippen LogP contribution in [0.5, 0.6) is 0 Å². The minimum absolute atomic E-state index is 0.186. The van der Waals surface area contributed by atoms with E-state index in [1.807, 2.05) is 34.0 Å². The first kappa shape index (κ1) is 38.9. The first-order chi connectivity index (χ1) is 26.9. The van der Waals surface area contributed by atoms with Gasteiger partial charge in [-0.1, -0.05) is 12.2 Å². The Morgan fingerprint density at radius 2 is 1.79 bits per heavy atom. The highest BCUT2D eigenvalue weighted by atomic mass is 19.1. The molecule has 1 saturated carbocycles. The third kappa shape index (κ3) is 7.83. The summed E-state index contributed by atoms with van der Waals surface area (Å²) in [6, 6.07) is 8.92. The zero-order valence-electron chi connectivity index (χ0n) is 32.1. The Kier molecular flexibility index (Phi) is 11.1. The maximum absolute atomic E-state index is 15.4. The normalized spacial score (nSPS) is 21.9. The number of hydrazone groups is 1. The molecule has 3 aliphatic heterocycles. The second-order valence-electron chi connectivity index (χ2n) is 15.6. The average Bonchev–Trinajstić information content (AvgIpc) is 3.82. The van der Waals surface area contributed by atoms with Crippen LogP contribution in [-0.2, 0) is 15.2 Å². The van der Waals surface area contributed by atoms with Crippen molar-refractivity contribution in [2.75, 3.05) is 43.4 Å². The Bertz CT molecular complexity index is 2120. The van der Waals surface area contributed by atoms with E-state index in [1.54, 1.807) is 31.0 Å². The van der Waals surface area contributed by atoms with E-state index in [0.29, 0.717) is 60.2 Å². The van der Waals surface area contributed by atoms with Gasteiger partial charge in [0, 0.05) is 73.4 Å². The molecule has 4 heterocycles. The summed E-state index contributed by atoms with van der Waals surface area (Å²) in [6.07, 6.45) is 13.9. The van der Waals surface area contributed by atoms with Crippen LogP contribution in [0.25, 0.3) is 10.9 Å². The molecule has 2 amide bonds. The number of aromatic nitrogens is 2. The fourth-order valence-corrected chi connectivity index (χ4v) is 8.59. The molecule has 2 aromatic carbocycles. The van der Waals surface area contributed by atoms with Crippen molar-refractivity contribution in [1.29, 1.82) is 5.26 Å². The predicted octanol–water partition coefficient (Wildman–Crippen LogP) is 5.99. The highest BCUT2D eigenvalue weighted by molar-refractivity contribution is 6.05. The van der Waals surface area contributed by atoms with Gasteiger partial charge in [-0.25, -0.2) is 8.78 Å². The number of allylic oxidation sites excluding steroid dienone is 2. The smallest absolute Gasteiger partial charge is 0.273 e. The van der Waals surface area contributed by atoms with E-state index in [0.717, 1.165) is 49.7 Å². The Morgan fingerprint density at radius 3 is 2.43 bits per heavy atom. The van der Waals surface area contributed by atoms with E-state index in [-0.39, 0.29) is 30.0 Å². The van der Waals surface area contributed by atoms with Crippen LogP contribution in [0.1, 0.15) is 81.9 Å². The molecule has 2 fully saturated rings. The van der Waals surface area contributed by atoms with E-state index in [1.165, 1.54) is 25.4 Å². The number of anilines is 2. The highest BCUT2D eigenvalue weighted by Gasteiger charge is 2.34. The largest absolute Gasteiger partial charge is 0.386 e. The summed E-state index contributed by atoms with van der Waals surface area (Å²) in [6.45, 7) is 9.87. The first-order valence-electron chi connectivity index (χ1n) is 19.4. The Hall–Kier alpha value is -5.39. The molecule has 12 nitrogen and oxygen atoms in total. The maximum Gasteiger partial charge on any atom is 0.273 e. The van der Waals surface area contributed by atoms with Crippen molar-refractivity contribution >= 4 is 40.3 Å². The lowest BCUT2D eigenvalue weighted by atomic mass is 9.90. The zero-order valence-corrected chi connectivity index (χ0v) is 32.1. The topological polar surface area (TPSA) is 142 Å². The molecule has 1 unspecified atom stereocenters. The number of nitrogens with zero attached hydrogens (tertiary/aromatic N) is 7. The molecule has 0 spiro atoms. The minimum Gasteiger partial charge on any atom is -0.386 e. The average molecular weight is 766 g/mol. The van der Waals surface area contributed by atoms with Gasteiger partial charge in [-0.2, -0.15) is 15.5 Å². The second kappa shape index (κ2) is 16.0. The van der Waals surface area contributed by atoms with Gasteiger partial charge in [0.25, 0.3) is 5.91 Å². The van der Waals surface area contributed by atoms with Crippen LogP contribution >= 0.6 is 0 Å². The number of aliphatic hydroxyl groups is 1. The van der Waals surface area contributed by atoms with Crippen LogP contribution in [0.2, 0.25) is 0 Å². The molecule has 3 aromatic rings. The second-order valence-corrected chi connectivity index (χ2v) is 15.6. The molecular formula is C42H49F2N9O3. The van der Waals surface area contributed by atoms with Crippen LogP contribution in [-0.4, -0.2) is 88.1 Å². The van der Waals surface area contributed by atoms with Gasteiger partial charge >= 0.3 is 0 Å². The van der Waals surface area contributed by atoms with Crippen molar-refractivity contribution in [1.82, 2.24) is 25.0 Å². The van der Waals surface area contributed by atoms with E-state index >= 15 is 8.78 Å². The number of carbonyl (C=O) groups is 2. The number of benzene rings is 2. The number of hydrogen-bond acceptors (Lipinski definition) is 9. The summed E-state index contributed by atoms with van der Waals surface area (Å²) >= 11 is 0. The first-order valence-corrected chi connectivity index (χ1v) is 19.4. The van der Waals surface area contributed by atoms with Crippen molar-refractivity contribution in [3.8, 4) is 6.07 Å². The Morgan fingerprint density at radius 1 is 1.09 bits per heavy atom. The van der Waals surface area contributed by atoms with Crippen molar-refractivity contribution in [3.05, 3.63) is 89.3 Å². The quantitative estimate of drug-likeness (QED) is 0.202. The van der Waals surface area contributed by atoms with Crippen molar-refractivity contribution in [3.63, 3.8) is 0 Å². The SMILES string of the molecule is C=CCC[C@@H](C(=O)NC)c1c(F)cc(N2CCN(C3CCC(n4cc5cc(NC(=O)C6=CCC7C=C(C#N)C=NN67)c(C(C)(C)O)cc5n4)CC3)CC2)cc1F. The summed E-state index contributed by atoms with van der Waals surface area (Å²) in [5.74, 6) is -3.10. The molecule has 1 saturated heterocycles. The fourth-order valence-electron chi connectivity index (χ4n) is 8.59. The third-order valence-corrected chi connectivity index (χ3v) is 11.6. The molecule has 3 N–H and O–H groups in total. The number of carbonyl (C=O) groups excluding carboxylic acids is 2. The lowest BCUT2D eigenvalue weighted by Gasteiger charge is -2.42. The van der Waals surface area contributed by atoms with Gasteiger partial charge in [0.15, 0.2) is 0 Å². The van der Waals surface area contributed by atoms with Gasteiger partial charge in [0.05, 0.1) is 40.9 Å². The highest BCUT2D eigenvalue weighted by Crippen LogP contribution is 2.37. The van der Waals surface area contributed by atoms with Gasteiger partial charge in [-0.3, -0.25) is 24.2 Å². The number of hydrogen-bond donors (Lipinski definition) is 3. The maximum atomic E-state index is 15.4. The standard InChI is InChI=1S/C42H49F2N9O3/c1-5-6-7-32(40(54)46-4)39-34(43)20-31(21-35(39)44)51-16-14-50(15-17-51)28-8-10-29(11-9-28)52-25-27-19-37(33(42(2,3)56)22-36(27)49-52)48-41(55)38-13-12-30-18-26(23-45)24-47-53(30)38/h5,13,18-22,24-25,28-30,32,56H,1,6-12,14-17H2,2-4H3,(H,46,54)(H,48,55)/t28?,29?,30?,32-/m1/s1. The molecule has 0 radical (unpaired) electrons. The summed E-state index contributed by atoms with van der Waals surface area (Å²) in [5.41, 5.74) is 1.66. The van der Waals surface area contributed by atoms with Crippen LogP contribution in [0.4, 0.5) is 20.2 Å². The van der Waals surface area contributed by atoms with Gasteiger partial charge in [0.2, 0.25) is 5.91 Å². The van der Waals surface area contributed by atoms with Gasteiger partial charge in [-0.15, -0.1) is 6.58 Å². The number of rotatable bonds is 11. The van der Waals surface area contributed by atoms with E-state index in [2.05, 4.69) is 33.3 Å². The third-order valence-electron chi connectivity index (χ3n) is 11.6. The summed E-state index contributed by atoms with van der Waals surface area (Å²) in [4.78, 5) is 30.5. The molecule has 1 aromatic heterocycles. The Labute approximate surface area is 325 Å². The lowest BCUT2D eigenvalue weighted by molar-refractivity contribution is -0.122. The van der Waals surface area contributed by atoms with Crippen LogP contribution in [0.15, 0.2) is 71.6 Å². The monoisotopic (exact) mass is 765 g/mol. The summed E-state index contributed by atoms with van der Waals surface area (Å²) in [5, 5.41) is 37.6. The molecule has 0 bridgehead atoms. The number of halogens is 2. The van der Waals surface area contributed by atoms with Gasteiger partial charge < -0.3 is 20.6 Å². The number of piperazine rings is 1. The predicted molar refractivity (Wildman–Crippen MR) is 212 cm³/mol. The number of likely N-dealkylation sites (N-methyl/N-ethyl adjacent to an activating group) is 1. The van der Waals surface area contributed by atoms with E-state index in [4.69, 9.17) is 5.10 Å². The minimum atomic E-state index is -1.25. The lowest BCUT2D eigenvalue weighted by Crippen LogP contribution is -2.51. The number of fused-ring (bicyclic) bond motifs is 2. The van der Waals surface area contributed by atoms with Crippen molar-refractivity contribution < 1.29 is 23.5 Å². The van der Waals surface area contributed by atoms with Crippen LogP contribution in [0.3, 0.4) is 0 Å². The van der Waals surface area contributed by atoms with Crippen molar-refractivity contribution in [2.24, 2.45) is 5.10 Å². The summed E-state index contributed by atoms with van der Waals surface area (Å²) < 4.78 is 32.8. The molecule has 4 aliphatic rings. The van der Waals surface area contributed by atoms with E-state index < -0.39 is 29.1 Å².